The summed E-state index contributed by atoms with van der Waals surface area (Å²) in [5.41, 5.74) is 7.79. The Morgan fingerprint density at radius 2 is 1.81 bits per heavy atom. The van der Waals surface area contributed by atoms with Gasteiger partial charge in [0.15, 0.2) is 0 Å². The second kappa shape index (κ2) is 5.86. The first-order valence-electron chi connectivity index (χ1n) is 7.11. The summed E-state index contributed by atoms with van der Waals surface area (Å²) in [7, 11) is 0. The minimum Gasteiger partial charge on any atom is -0.457 e. The molecule has 2 N–H and O–H groups in total. The Balaban J connectivity index is 2.35. The van der Waals surface area contributed by atoms with Gasteiger partial charge in [0, 0.05) is 11.6 Å². The second-order valence-electron chi connectivity index (χ2n) is 6.35. The van der Waals surface area contributed by atoms with Gasteiger partial charge in [-0.1, -0.05) is 32.9 Å². The van der Waals surface area contributed by atoms with E-state index in [2.05, 4.69) is 26.8 Å². The van der Waals surface area contributed by atoms with Gasteiger partial charge in [0.05, 0.1) is 0 Å². The molecule has 2 rings (SSSR count). The summed E-state index contributed by atoms with van der Waals surface area (Å²) < 4.78 is 19.3. The van der Waals surface area contributed by atoms with Crippen molar-refractivity contribution in [3.05, 3.63) is 59.4 Å². The number of nitrogens with two attached hydrogens (primary N) is 1. The molecule has 0 aliphatic carbocycles. The number of halogens is 1. The first-order valence-corrected chi connectivity index (χ1v) is 7.11. The van der Waals surface area contributed by atoms with Gasteiger partial charge < -0.3 is 10.5 Å². The van der Waals surface area contributed by atoms with Crippen LogP contribution in [0.15, 0.2) is 42.5 Å². The molecule has 0 aromatic heterocycles. The molecule has 2 aromatic carbocycles. The number of hydrogen-bond donors (Lipinski definition) is 1. The van der Waals surface area contributed by atoms with Crippen molar-refractivity contribution in [2.24, 2.45) is 5.73 Å². The molecule has 0 amide bonds. The predicted octanol–water partition coefficient (Wildman–Crippen LogP) is 4.94. The lowest BCUT2D eigenvalue weighted by Crippen LogP contribution is -2.11. The average molecular weight is 287 g/mol. The monoisotopic (exact) mass is 287 g/mol. The summed E-state index contributed by atoms with van der Waals surface area (Å²) in [6, 6.07) is 12.1. The highest BCUT2D eigenvalue weighted by Crippen LogP contribution is 2.32. The van der Waals surface area contributed by atoms with Crippen LogP contribution in [0, 0.1) is 5.82 Å². The molecule has 0 radical (unpaired) electrons. The van der Waals surface area contributed by atoms with Crippen molar-refractivity contribution in [3.8, 4) is 11.5 Å². The van der Waals surface area contributed by atoms with E-state index in [-0.39, 0.29) is 17.3 Å². The van der Waals surface area contributed by atoms with Gasteiger partial charge in [-0.05, 0) is 48.2 Å². The van der Waals surface area contributed by atoms with Gasteiger partial charge in [0.1, 0.15) is 17.3 Å². The van der Waals surface area contributed by atoms with Gasteiger partial charge in [-0.15, -0.1) is 0 Å². The molecule has 0 aliphatic rings. The van der Waals surface area contributed by atoms with Crippen LogP contribution in [0.25, 0.3) is 0 Å². The molecular weight excluding hydrogens is 265 g/mol. The Bertz CT molecular complexity index is 629. The van der Waals surface area contributed by atoms with Crippen molar-refractivity contribution < 1.29 is 9.13 Å². The maximum atomic E-state index is 13.4. The third-order valence-electron chi connectivity index (χ3n) is 3.39. The lowest BCUT2D eigenvalue weighted by atomic mass is 9.87. The average Bonchev–Trinajstić information content (AvgIpc) is 2.40. The SMILES string of the molecule is C[C@@H](N)c1cc(F)ccc1Oc1cccc(C(C)(C)C)c1. The zero-order valence-electron chi connectivity index (χ0n) is 13.0. The van der Waals surface area contributed by atoms with Crippen molar-refractivity contribution in [1.29, 1.82) is 0 Å². The molecule has 0 saturated heterocycles. The zero-order chi connectivity index (χ0) is 15.6. The summed E-state index contributed by atoms with van der Waals surface area (Å²) in [5.74, 6) is 1.02. The number of rotatable bonds is 3. The lowest BCUT2D eigenvalue weighted by molar-refractivity contribution is 0.466. The van der Waals surface area contributed by atoms with Crippen LogP contribution in [-0.2, 0) is 5.41 Å². The Kier molecular flexibility index (Phi) is 4.33. The fourth-order valence-corrected chi connectivity index (χ4v) is 2.12. The summed E-state index contributed by atoms with van der Waals surface area (Å²) in [4.78, 5) is 0. The largest absolute Gasteiger partial charge is 0.457 e. The van der Waals surface area contributed by atoms with Crippen molar-refractivity contribution in [1.82, 2.24) is 0 Å². The van der Waals surface area contributed by atoms with E-state index < -0.39 is 0 Å². The molecule has 0 aliphatic heterocycles. The van der Waals surface area contributed by atoms with Crippen molar-refractivity contribution in [2.75, 3.05) is 0 Å². The van der Waals surface area contributed by atoms with Gasteiger partial charge >= 0.3 is 0 Å². The fourth-order valence-electron chi connectivity index (χ4n) is 2.12. The standard InChI is InChI=1S/C18H22FNO/c1-12(20)16-11-14(19)8-9-17(16)21-15-7-5-6-13(10-15)18(2,3)4/h5-12H,20H2,1-4H3/t12-/m1/s1. The van der Waals surface area contributed by atoms with Crippen molar-refractivity contribution in [3.63, 3.8) is 0 Å². The summed E-state index contributed by atoms with van der Waals surface area (Å²) >= 11 is 0. The highest BCUT2D eigenvalue weighted by molar-refractivity contribution is 5.41. The van der Waals surface area contributed by atoms with Crippen LogP contribution in [0.4, 0.5) is 4.39 Å². The molecule has 0 saturated carbocycles. The van der Waals surface area contributed by atoms with Gasteiger partial charge in [0.25, 0.3) is 0 Å². The van der Waals surface area contributed by atoms with Gasteiger partial charge in [-0.3, -0.25) is 0 Å². The van der Waals surface area contributed by atoms with E-state index in [4.69, 9.17) is 10.5 Å². The molecule has 112 valence electrons. The first kappa shape index (κ1) is 15.5. The molecular formula is C18H22FNO. The van der Waals surface area contributed by atoms with Crippen LogP contribution in [0.2, 0.25) is 0 Å². The highest BCUT2D eigenvalue weighted by atomic mass is 19.1. The Labute approximate surface area is 125 Å². The van der Waals surface area contributed by atoms with Gasteiger partial charge in [-0.2, -0.15) is 0 Å². The molecule has 0 spiro atoms. The second-order valence-corrected chi connectivity index (χ2v) is 6.35. The molecule has 1 atom stereocenters. The Morgan fingerprint density at radius 1 is 1.10 bits per heavy atom. The lowest BCUT2D eigenvalue weighted by Gasteiger charge is -2.20. The van der Waals surface area contributed by atoms with Gasteiger partial charge in [0.2, 0.25) is 0 Å². The van der Waals surface area contributed by atoms with Gasteiger partial charge in [-0.25, -0.2) is 4.39 Å². The maximum Gasteiger partial charge on any atom is 0.132 e. The molecule has 3 heteroatoms. The van der Waals surface area contributed by atoms with Crippen LogP contribution >= 0.6 is 0 Å². The van der Waals surface area contributed by atoms with E-state index in [0.29, 0.717) is 11.3 Å². The zero-order valence-corrected chi connectivity index (χ0v) is 13.0. The van der Waals surface area contributed by atoms with E-state index in [9.17, 15) is 4.39 Å². The van der Waals surface area contributed by atoms with E-state index >= 15 is 0 Å². The maximum absolute atomic E-state index is 13.4. The molecule has 0 fully saturated rings. The first-order chi connectivity index (χ1) is 9.77. The smallest absolute Gasteiger partial charge is 0.132 e. The van der Waals surface area contributed by atoms with Crippen molar-refractivity contribution >= 4 is 0 Å². The van der Waals surface area contributed by atoms with E-state index in [1.54, 1.807) is 6.07 Å². The Morgan fingerprint density at radius 3 is 2.43 bits per heavy atom. The predicted molar refractivity (Wildman–Crippen MR) is 84.2 cm³/mol. The number of benzene rings is 2. The van der Waals surface area contributed by atoms with E-state index in [1.165, 1.54) is 17.7 Å². The van der Waals surface area contributed by atoms with Crippen molar-refractivity contribution in [2.45, 2.75) is 39.2 Å². The molecule has 2 aromatic rings. The topological polar surface area (TPSA) is 35.2 Å². The molecule has 2 nitrogen and oxygen atoms in total. The fraction of sp³-hybridized carbons (Fsp3) is 0.333. The van der Waals surface area contributed by atoms with Crippen LogP contribution in [0.5, 0.6) is 11.5 Å². The van der Waals surface area contributed by atoms with Crippen LogP contribution in [0.1, 0.15) is 44.9 Å². The van der Waals surface area contributed by atoms with Crippen LogP contribution < -0.4 is 10.5 Å². The molecule has 21 heavy (non-hydrogen) atoms. The third-order valence-corrected chi connectivity index (χ3v) is 3.39. The Hall–Kier alpha value is -1.87. The third kappa shape index (κ3) is 3.82. The summed E-state index contributed by atoms with van der Waals surface area (Å²) in [6.07, 6.45) is 0. The minimum atomic E-state index is -0.307. The highest BCUT2D eigenvalue weighted by Gasteiger charge is 2.15. The van der Waals surface area contributed by atoms with Crippen LogP contribution in [-0.4, -0.2) is 0 Å². The minimum absolute atomic E-state index is 0.0478. The van der Waals surface area contributed by atoms with Crippen LogP contribution in [0.3, 0.4) is 0 Å². The molecule has 0 bridgehead atoms. The number of ether oxygens (including phenoxy) is 1. The summed E-state index contributed by atoms with van der Waals surface area (Å²) in [6.45, 7) is 8.26. The molecule has 0 heterocycles. The van der Waals surface area contributed by atoms with E-state index in [1.807, 2.05) is 25.1 Å². The molecule has 0 unspecified atom stereocenters. The quantitative estimate of drug-likeness (QED) is 0.868. The summed E-state index contributed by atoms with van der Waals surface area (Å²) in [5, 5.41) is 0. The van der Waals surface area contributed by atoms with E-state index in [0.717, 1.165) is 5.75 Å². The number of hydrogen-bond acceptors (Lipinski definition) is 2. The normalized spacial score (nSPS) is 13.0.